The third-order valence-corrected chi connectivity index (χ3v) is 3.82. The van der Waals surface area contributed by atoms with Crippen molar-refractivity contribution in [3.05, 3.63) is 46.3 Å². The highest BCUT2D eigenvalue weighted by molar-refractivity contribution is 7.18. The molecule has 2 aromatic rings. The van der Waals surface area contributed by atoms with E-state index in [4.69, 9.17) is 10.2 Å². The lowest BCUT2D eigenvalue weighted by Crippen LogP contribution is -2.13. The number of anilines is 1. The summed E-state index contributed by atoms with van der Waals surface area (Å²) in [5, 5.41) is 21.3. The van der Waals surface area contributed by atoms with Crippen molar-refractivity contribution in [2.45, 2.75) is 13.3 Å². The Kier molecular flexibility index (Phi) is 4.05. The van der Waals surface area contributed by atoms with Gasteiger partial charge in [0.15, 0.2) is 0 Å². The van der Waals surface area contributed by atoms with Gasteiger partial charge in [0.05, 0.1) is 11.4 Å². The number of carboxylic acid groups (broad SMARTS) is 1. The molecule has 0 aliphatic heterocycles. The number of phenolic OH excluding ortho intramolecular Hbond substituents is 1. The van der Waals surface area contributed by atoms with Crippen LogP contribution in [0.1, 0.15) is 20.8 Å². The fourth-order valence-corrected chi connectivity index (χ4v) is 2.66. The number of rotatable bonds is 4. The van der Waals surface area contributed by atoms with Crippen molar-refractivity contribution in [1.29, 1.82) is 0 Å². The molecule has 0 unspecified atom stereocenters. The first-order chi connectivity index (χ1) is 9.45. The molecule has 0 aliphatic rings. The van der Waals surface area contributed by atoms with Crippen molar-refractivity contribution in [2.75, 3.05) is 5.32 Å². The average molecular weight is 291 g/mol. The van der Waals surface area contributed by atoms with Crippen LogP contribution >= 0.6 is 11.3 Å². The minimum absolute atomic E-state index is 0.147. The van der Waals surface area contributed by atoms with Crippen LogP contribution < -0.4 is 5.32 Å². The molecule has 0 saturated carbocycles. The van der Waals surface area contributed by atoms with Gasteiger partial charge in [-0.25, -0.2) is 4.79 Å². The molecule has 3 N–H and O–H groups in total. The van der Waals surface area contributed by atoms with Gasteiger partial charge in [-0.3, -0.25) is 4.79 Å². The first-order valence-corrected chi connectivity index (χ1v) is 6.69. The van der Waals surface area contributed by atoms with Gasteiger partial charge in [0.25, 0.3) is 0 Å². The molecule has 0 radical (unpaired) electrons. The number of amides is 1. The van der Waals surface area contributed by atoms with Crippen molar-refractivity contribution in [2.24, 2.45) is 0 Å². The number of carbonyl (C=O) groups excluding carboxylic acids is 1. The van der Waals surface area contributed by atoms with E-state index in [-0.39, 0.29) is 23.0 Å². The molecule has 1 heterocycles. The first-order valence-electron chi connectivity index (χ1n) is 5.87. The quantitative estimate of drug-likeness (QED) is 0.808. The van der Waals surface area contributed by atoms with Crippen molar-refractivity contribution in [3.8, 4) is 5.75 Å². The van der Waals surface area contributed by atoms with Crippen LogP contribution in [-0.2, 0) is 11.2 Å². The van der Waals surface area contributed by atoms with Crippen molar-refractivity contribution in [3.63, 3.8) is 0 Å². The molecule has 1 aromatic carbocycles. The van der Waals surface area contributed by atoms with Gasteiger partial charge >= 0.3 is 5.97 Å². The molecular weight excluding hydrogens is 278 g/mol. The molecule has 1 aromatic heterocycles. The van der Waals surface area contributed by atoms with Crippen LogP contribution in [0.15, 0.2) is 30.3 Å². The number of hydrogen-bond acceptors (Lipinski definition) is 4. The van der Waals surface area contributed by atoms with E-state index in [0.29, 0.717) is 10.6 Å². The highest BCUT2D eigenvalue weighted by Gasteiger charge is 2.13. The number of hydrogen-bond donors (Lipinski definition) is 3. The van der Waals surface area contributed by atoms with Crippen LogP contribution in [0.4, 0.5) is 5.00 Å². The molecule has 0 fully saturated rings. The lowest BCUT2D eigenvalue weighted by atomic mass is 10.1. The molecule has 5 nitrogen and oxygen atoms in total. The van der Waals surface area contributed by atoms with Crippen molar-refractivity contribution in [1.82, 2.24) is 0 Å². The van der Waals surface area contributed by atoms with Crippen LogP contribution in [0.2, 0.25) is 0 Å². The molecule has 20 heavy (non-hydrogen) atoms. The lowest BCUT2D eigenvalue weighted by molar-refractivity contribution is -0.115. The predicted octanol–water partition coefficient (Wildman–Crippen LogP) is 2.64. The third kappa shape index (κ3) is 3.36. The van der Waals surface area contributed by atoms with E-state index in [0.717, 1.165) is 16.9 Å². The minimum Gasteiger partial charge on any atom is -0.508 e. The summed E-state index contributed by atoms with van der Waals surface area (Å²) in [6, 6.07) is 8.00. The van der Waals surface area contributed by atoms with E-state index in [2.05, 4.69) is 5.32 Å². The summed E-state index contributed by atoms with van der Waals surface area (Å²) in [5.41, 5.74) is 1.40. The number of carbonyl (C=O) groups is 2. The number of aromatic carboxylic acids is 1. The summed E-state index contributed by atoms with van der Waals surface area (Å²) in [6.45, 7) is 1.69. The Balaban J connectivity index is 2.03. The SMILES string of the molecule is Cc1cc(NC(=O)Cc2ccc(O)cc2)sc1C(=O)O. The smallest absolute Gasteiger partial charge is 0.346 e. The zero-order valence-corrected chi connectivity index (χ0v) is 11.5. The van der Waals surface area contributed by atoms with Gasteiger partial charge in [-0.05, 0) is 36.2 Å². The molecular formula is C14H13NO4S. The van der Waals surface area contributed by atoms with Gasteiger partial charge in [0.2, 0.25) is 5.91 Å². The van der Waals surface area contributed by atoms with Crippen molar-refractivity contribution >= 4 is 28.2 Å². The van der Waals surface area contributed by atoms with Crippen molar-refractivity contribution < 1.29 is 19.8 Å². The number of thiophene rings is 1. The molecule has 0 bridgehead atoms. The van der Waals surface area contributed by atoms with Gasteiger partial charge in [0.1, 0.15) is 10.6 Å². The summed E-state index contributed by atoms with van der Waals surface area (Å²) < 4.78 is 0. The summed E-state index contributed by atoms with van der Waals surface area (Å²) in [5.74, 6) is -1.07. The molecule has 2 rings (SSSR count). The molecule has 1 amide bonds. The Bertz CT molecular complexity index is 646. The first kappa shape index (κ1) is 14.1. The van der Waals surface area contributed by atoms with Gasteiger partial charge in [-0.1, -0.05) is 12.1 Å². The number of aryl methyl sites for hydroxylation is 1. The fraction of sp³-hybridized carbons (Fsp3) is 0.143. The third-order valence-electron chi connectivity index (χ3n) is 2.68. The monoisotopic (exact) mass is 291 g/mol. The maximum absolute atomic E-state index is 11.8. The predicted molar refractivity (Wildman–Crippen MR) is 76.5 cm³/mol. The maximum Gasteiger partial charge on any atom is 0.346 e. The molecule has 104 valence electrons. The van der Waals surface area contributed by atoms with Gasteiger partial charge in [-0.2, -0.15) is 0 Å². The highest BCUT2D eigenvalue weighted by Crippen LogP contribution is 2.26. The zero-order chi connectivity index (χ0) is 14.7. The second kappa shape index (κ2) is 5.75. The fourth-order valence-electron chi connectivity index (χ4n) is 1.74. The standard InChI is InChI=1S/C14H13NO4S/c1-8-6-12(20-13(8)14(18)19)15-11(17)7-9-2-4-10(16)5-3-9/h2-6,16H,7H2,1H3,(H,15,17)(H,18,19). The number of nitrogens with one attached hydrogen (secondary N) is 1. The molecule has 0 atom stereocenters. The zero-order valence-electron chi connectivity index (χ0n) is 10.7. The topological polar surface area (TPSA) is 86.6 Å². The van der Waals surface area contributed by atoms with Crippen LogP contribution in [0.5, 0.6) is 5.75 Å². The van der Waals surface area contributed by atoms with E-state index in [1.165, 1.54) is 12.1 Å². The summed E-state index contributed by atoms with van der Waals surface area (Å²) in [6.07, 6.45) is 0.166. The molecule has 0 spiro atoms. The Morgan fingerprint density at radius 2 is 1.90 bits per heavy atom. The van der Waals surface area contributed by atoms with Gasteiger partial charge in [-0.15, -0.1) is 11.3 Å². The summed E-state index contributed by atoms with van der Waals surface area (Å²) in [7, 11) is 0. The Morgan fingerprint density at radius 3 is 2.45 bits per heavy atom. The van der Waals surface area contributed by atoms with E-state index in [1.807, 2.05) is 0 Å². The van der Waals surface area contributed by atoms with E-state index < -0.39 is 5.97 Å². The van der Waals surface area contributed by atoms with Crippen LogP contribution in [-0.4, -0.2) is 22.1 Å². The second-order valence-electron chi connectivity index (χ2n) is 4.32. The number of benzene rings is 1. The van der Waals surface area contributed by atoms with Crippen LogP contribution in [0, 0.1) is 6.92 Å². The maximum atomic E-state index is 11.8. The van der Waals surface area contributed by atoms with Crippen LogP contribution in [0.25, 0.3) is 0 Å². The largest absolute Gasteiger partial charge is 0.508 e. The van der Waals surface area contributed by atoms with E-state index in [1.54, 1.807) is 25.1 Å². The van der Waals surface area contributed by atoms with Gasteiger partial charge in [0, 0.05) is 0 Å². The Hall–Kier alpha value is -2.34. The highest BCUT2D eigenvalue weighted by atomic mass is 32.1. The summed E-state index contributed by atoms with van der Waals surface area (Å²) >= 11 is 1.04. The van der Waals surface area contributed by atoms with E-state index >= 15 is 0 Å². The minimum atomic E-state index is -0.994. The van der Waals surface area contributed by atoms with Gasteiger partial charge < -0.3 is 15.5 Å². The lowest BCUT2D eigenvalue weighted by Gasteiger charge is -2.02. The molecule has 6 heteroatoms. The Morgan fingerprint density at radius 1 is 1.25 bits per heavy atom. The summed E-state index contributed by atoms with van der Waals surface area (Å²) in [4.78, 5) is 23.0. The normalized spacial score (nSPS) is 10.2. The van der Waals surface area contributed by atoms with E-state index in [9.17, 15) is 9.59 Å². The average Bonchev–Trinajstić information content (AvgIpc) is 2.73. The van der Waals surface area contributed by atoms with Crippen LogP contribution in [0.3, 0.4) is 0 Å². The molecule has 0 aliphatic carbocycles. The number of carboxylic acids is 1. The Labute approximate surface area is 119 Å². The number of phenols is 1. The molecule has 0 saturated heterocycles. The second-order valence-corrected chi connectivity index (χ2v) is 5.37. The number of aromatic hydroxyl groups is 1.